The Hall–Kier alpha value is -1.98. The van der Waals surface area contributed by atoms with Crippen LogP contribution < -0.4 is 0 Å². The fourth-order valence-corrected chi connectivity index (χ4v) is 1.32. The van der Waals surface area contributed by atoms with Crippen molar-refractivity contribution in [3.63, 3.8) is 0 Å². The first-order valence-corrected chi connectivity index (χ1v) is 4.53. The lowest BCUT2D eigenvalue weighted by Crippen LogP contribution is -2.17. The van der Waals surface area contributed by atoms with Crippen LogP contribution in [0.4, 0.5) is 0 Å². The van der Waals surface area contributed by atoms with Crippen LogP contribution in [0.2, 0.25) is 0 Å². The third-order valence-corrected chi connectivity index (χ3v) is 2.10. The van der Waals surface area contributed by atoms with Crippen LogP contribution in [0.5, 0.6) is 0 Å². The molecule has 0 aliphatic rings. The van der Waals surface area contributed by atoms with Crippen LogP contribution in [-0.4, -0.2) is 36.4 Å². The molecule has 1 heterocycles. The largest absolute Gasteiger partial charge is 0.465 e. The molecule has 1 aromatic rings. The highest BCUT2D eigenvalue weighted by molar-refractivity contribution is 6.04. The molecule has 6 nitrogen and oxygen atoms in total. The summed E-state index contributed by atoms with van der Waals surface area (Å²) in [5.74, 6) is -1.26. The molecule has 6 heteroatoms. The van der Waals surface area contributed by atoms with E-state index in [0.717, 1.165) is 0 Å². The molecular weight excluding hydrogens is 212 g/mol. The molecule has 0 aliphatic heterocycles. The maximum Gasteiger partial charge on any atom is 0.340 e. The van der Waals surface area contributed by atoms with E-state index in [1.165, 1.54) is 14.2 Å². The number of aromatic nitrogens is 2. The molecule has 0 N–H and O–H groups in total. The summed E-state index contributed by atoms with van der Waals surface area (Å²) in [4.78, 5) is 23.1. The maximum atomic E-state index is 11.5. The van der Waals surface area contributed by atoms with Crippen molar-refractivity contribution in [1.82, 2.24) is 10.2 Å². The smallest absolute Gasteiger partial charge is 0.340 e. The maximum absolute atomic E-state index is 11.5. The van der Waals surface area contributed by atoms with Crippen molar-refractivity contribution in [1.29, 1.82) is 0 Å². The van der Waals surface area contributed by atoms with E-state index in [1.807, 2.05) is 0 Å². The van der Waals surface area contributed by atoms with E-state index in [-0.39, 0.29) is 11.1 Å². The second-order valence-corrected chi connectivity index (χ2v) is 3.10. The number of esters is 2. The van der Waals surface area contributed by atoms with Crippen molar-refractivity contribution in [3.05, 3.63) is 22.5 Å². The van der Waals surface area contributed by atoms with Crippen molar-refractivity contribution in [3.8, 4) is 0 Å². The molecular formula is C10H12N2O4. The van der Waals surface area contributed by atoms with Crippen LogP contribution in [0.15, 0.2) is 0 Å². The van der Waals surface area contributed by atoms with Gasteiger partial charge in [-0.25, -0.2) is 9.59 Å². The Labute approximate surface area is 92.6 Å². The summed E-state index contributed by atoms with van der Waals surface area (Å²) < 4.78 is 9.19. The molecule has 0 saturated heterocycles. The van der Waals surface area contributed by atoms with Gasteiger partial charge in [-0.1, -0.05) is 0 Å². The molecule has 0 bridgehead atoms. The van der Waals surface area contributed by atoms with Gasteiger partial charge in [-0.15, -0.1) is 0 Å². The summed E-state index contributed by atoms with van der Waals surface area (Å²) >= 11 is 0. The average Bonchev–Trinajstić information content (AvgIpc) is 2.29. The van der Waals surface area contributed by atoms with Gasteiger partial charge < -0.3 is 9.47 Å². The monoisotopic (exact) mass is 224 g/mol. The first-order chi connectivity index (χ1) is 7.52. The minimum absolute atomic E-state index is 0.0989. The zero-order valence-corrected chi connectivity index (χ0v) is 9.53. The Morgan fingerprint density at radius 1 is 0.875 bits per heavy atom. The quantitative estimate of drug-likeness (QED) is 0.687. The van der Waals surface area contributed by atoms with Crippen molar-refractivity contribution < 1.29 is 19.1 Å². The van der Waals surface area contributed by atoms with E-state index in [1.54, 1.807) is 13.8 Å². The Morgan fingerprint density at radius 2 is 1.19 bits per heavy atom. The number of rotatable bonds is 2. The lowest BCUT2D eigenvalue weighted by atomic mass is 10.1. The van der Waals surface area contributed by atoms with Crippen LogP contribution in [0.25, 0.3) is 0 Å². The van der Waals surface area contributed by atoms with Gasteiger partial charge in [-0.3, -0.25) is 0 Å². The molecule has 86 valence electrons. The van der Waals surface area contributed by atoms with Crippen LogP contribution in [0.3, 0.4) is 0 Å². The standard InChI is InChI=1S/C10H12N2O4/c1-5-7(9(13)15-3)8(10(14)16-4)6(2)12-11-5/h1-4H3. The first kappa shape index (κ1) is 12.1. The van der Waals surface area contributed by atoms with Gasteiger partial charge in [0.1, 0.15) is 0 Å². The fourth-order valence-electron chi connectivity index (χ4n) is 1.32. The van der Waals surface area contributed by atoms with E-state index in [4.69, 9.17) is 0 Å². The number of carbonyl (C=O) groups excluding carboxylic acids is 2. The molecule has 0 atom stereocenters. The molecule has 0 aromatic carbocycles. The SMILES string of the molecule is COC(=O)c1c(C)nnc(C)c1C(=O)OC. The Kier molecular flexibility index (Phi) is 3.55. The van der Waals surface area contributed by atoms with Gasteiger partial charge in [0.15, 0.2) is 0 Å². The number of methoxy groups -OCH3 is 2. The highest BCUT2D eigenvalue weighted by atomic mass is 16.5. The summed E-state index contributed by atoms with van der Waals surface area (Å²) in [7, 11) is 2.47. The normalized spacial score (nSPS) is 9.75. The van der Waals surface area contributed by atoms with Gasteiger partial charge in [-0.05, 0) is 13.8 Å². The highest BCUT2D eigenvalue weighted by Crippen LogP contribution is 2.16. The van der Waals surface area contributed by atoms with Crippen molar-refractivity contribution in [2.24, 2.45) is 0 Å². The van der Waals surface area contributed by atoms with Crippen molar-refractivity contribution in [2.45, 2.75) is 13.8 Å². The summed E-state index contributed by atoms with van der Waals surface area (Å²) in [6, 6.07) is 0. The Balaban J connectivity index is 3.49. The predicted molar refractivity (Wildman–Crippen MR) is 54.2 cm³/mol. The van der Waals surface area contributed by atoms with Crippen LogP contribution >= 0.6 is 0 Å². The number of carbonyl (C=O) groups is 2. The average molecular weight is 224 g/mol. The van der Waals surface area contributed by atoms with Gasteiger partial charge >= 0.3 is 11.9 Å². The van der Waals surface area contributed by atoms with Gasteiger partial charge in [0.25, 0.3) is 0 Å². The molecule has 0 fully saturated rings. The topological polar surface area (TPSA) is 78.4 Å². The second-order valence-electron chi connectivity index (χ2n) is 3.10. The van der Waals surface area contributed by atoms with E-state index < -0.39 is 11.9 Å². The number of nitrogens with zero attached hydrogens (tertiary/aromatic N) is 2. The number of ether oxygens (including phenoxy) is 2. The van der Waals surface area contributed by atoms with Gasteiger partial charge in [0.2, 0.25) is 0 Å². The molecule has 0 amide bonds. The molecule has 1 aromatic heterocycles. The van der Waals surface area contributed by atoms with Gasteiger partial charge in [0.05, 0.1) is 36.7 Å². The minimum Gasteiger partial charge on any atom is -0.465 e. The Bertz CT molecular complexity index is 402. The van der Waals surface area contributed by atoms with Gasteiger partial charge in [-0.2, -0.15) is 10.2 Å². The summed E-state index contributed by atoms with van der Waals surface area (Å²) in [5, 5.41) is 7.53. The molecule has 1 rings (SSSR count). The van der Waals surface area contributed by atoms with Gasteiger partial charge in [0, 0.05) is 0 Å². The summed E-state index contributed by atoms with van der Waals surface area (Å²) in [5.41, 5.74) is 0.861. The van der Waals surface area contributed by atoms with Crippen LogP contribution in [0.1, 0.15) is 32.1 Å². The minimum atomic E-state index is -0.629. The lowest BCUT2D eigenvalue weighted by Gasteiger charge is -2.09. The first-order valence-electron chi connectivity index (χ1n) is 4.53. The Morgan fingerprint density at radius 3 is 1.44 bits per heavy atom. The van der Waals surface area contributed by atoms with E-state index in [2.05, 4.69) is 19.7 Å². The number of aryl methyl sites for hydroxylation is 2. The lowest BCUT2D eigenvalue weighted by molar-refractivity contribution is 0.0552. The van der Waals surface area contributed by atoms with E-state index in [0.29, 0.717) is 11.4 Å². The second kappa shape index (κ2) is 4.69. The predicted octanol–water partition coefficient (Wildman–Crippen LogP) is 0.667. The molecule has 0 radical (unpaired) electrons. The molecule has 0 saturated carbocycles. The van der Waals surface area contributed by atoms with E-state index in [9.17, 15) is 9.59 Å². The number of hydrogen-bond donors (Lipinski definition) is 0. The van der Waals surface area contributed by atoms with Crippen LogP contribution in [0, 0.1) is 13.8 Å². The summed E-state index contributed by atoms with van der Waals surface area (Å²) in [6.07, 6.45) is 0. The van der Waals surface area contributed by atoms with Crippen LogP contribution in [-0.2, 0) is 9.47 Å². The zero-order chi connectivity index (χ0) is 12.3. The molecule has 0 spiro atoms. The molecule has 16 heavy (non-hydrogen) atoms. The number of hydrogen-bond acceptors (Lipinski definition) is 6. The third kappa shape index (κ3) is 2.00. The zero-order valence-electron chi connectivity index (χ0n) is 9.53. The third-order valence-electron chi connectivity index (χ3n) is 2.10. The molecule has 0 unspecified atom stereocenters. The van der Waals surface area contributed by atoms with Crippen molar-refractivity contribution >= 4 is 11.9 Å². The van der Waals surface area contributed by atoms with E-state index >= 15 is 0 Å². The highest BCUT2D eigenvalue weighted by Gasteiger charge is 2.24. The van der Waals surface area contributed by atoms with Crippen molar-refractivity contribution in [2.75, 3.05) is 14.2 Å². The molecule has 0 aliphatic carbocycles. The fraction of sp³-hybridized carbons (Fsp3) is 0.400. The summed E-state index contributed by atoms with van der Waals surface area (Å²) in [6.45, 7) is 3.15.